The first-order valence-electron chi connectivity index (χ1n) is 35.9. The van der Waals surface area contributed by atoms with E-state index in [0.29, 0.717) is 19.3 Å². The Hall–Kier alpha value is -3.15. The van der Waals surface area contributed by atoms with Crippen molar-refractivity contribution in [2.24, 2.45) is 0 Å². The maximum absolute atomic E-state index is 12.9. The lowest BCUT2D eigenvalue weighted by Crippen LogP contribution is -2.30. The Kier molecular flexibility index (Phi) is 67.6. The van der Waals surface area contributed by atoms with Crippen LogP contribution in [-0.2, 0) is 28.6 Å². The second kappa shape index (κ2) is 70.3. The van der Waals surface area contributed by atoms with Gasteiger partial charge in [-0.05, 0) is 77.0 Å². The first-order valence-corrected chi connectivity index (χ1v) is 35.9. The normalized spacial score (nSPS) is 12.5. The van der Waals surface area contributed by atoms with E-state index in [1.54, 1.807) is 0 Å². The lowest BCUT2D eigenvalue weighted by Gasteiger charge is -2.18. The zero-order chi connectivity index (χ0) is 59.2. The van der Waals surface area contributed by atoms with Crippen LogP contribution in [0.2, 0.25) is 0 Å². The van der Waals surface area contributed by atoms with E-state index >= 15 is 0 Å². The van der Waals surface area contributed by atoms with Crippen molar-refractivity contribution in [1.82, 2.24) is 0 Å². The summed E-state index contributed by atoms with van der Waals surface area (Å²) >= 11 is 0. The molecule has 0 heterocycles. The molecule has 0 radical (unpaired) electrons. The lowest BCUT2D eigenvalue weighted by molar-refractivity contribution is -0.166. The summed E-state index contributed by atoms with van der Waals surface area (Å²) in [5, 5.41) is 0. The molecule has 0 aromatic carbocycles. The highest BCUT2D eigenvalue weighted by atomic mass is 16.6. The summed E-state index contributed by atoms with van der Waals surface area (Å²) < 4.78 is 16.9. The predicted octanol–water partition coefficient (Wildman–Crippen LogP) is 24.8. The highest BCUT2D eigenvalue weighted by Crippen LogP contribution is 2.18. The summed E-state index contributed by atoms with van der Waals surface area (Å²) in [7, 11) is 0. The number of carbonyl (C=O) groups excluding carboxylic acids is 3. The number of rotatable bonds is 66. The average Bonchev–Trinajstić information content (AvgIpc) is 3.47. The maximum Gasteiger partial charge on any atom is 0.306 e. The Morgan fingerprint density at radius 3 is 0.817 bits per heavy atom. The molecular formula is C76H136O6. The first-order chi connectivity index (χ1) is 40.5. The smallest absolute Gasteiger partial charge is 0.306 e. The van der Waals surface area contributed by atoms with Crippen LogP contribution in [0.4, 0.5) is 0 Å². The van der Waals surface area contributed by atoms with E-state index in [2.05, 4.69) is 87.6 Å². The summed E-state index contributed by atoms with van der Waals surface area (Å²) in [5.41, 5.74) is 0. The Morgan fingerprint density at radius 1 is 0.256 bits per heavy atom. The van der Waals surface area contributed by atoms with Gasteiger partial charge in [0.2, 0.25) is 0 Å². The summed E-state index contributed by atoms with van der Waals surface area (Å²) in [5.74, 6) is -0.955. The third kappa shape index (κ3) is 67.6. The van der Waals surface area contributed by atoms with Gasteiger partial charge in [0, 0.05) is 19.3 Å². The molecule has 1 unspecified atom stereocenters. The number of ether oxygens (including phenoxy) is 3. The van der Waals surface area contributed by atoms with E-state index in [9.17, 15) is 14.4 Å². The highest BCUT2D eigenvalue weighted by Gasteiger charge is 2.19. The molecule has 6 heteroatoms. The van der Waals surface area contributed by atoms with Gasteiger partial charge in [0.1, 0.15) is 13.2 Å². The molecule has 0 saturated heterocycles. The lowest BCUT2D eigenvalue weighted by atomic mass is 10.0. The molecule has 1 atom stereocenters. The summed E-state index contributed by atoms with van der Waals surface area (Å²) in [6.45, 7) is 6.51. The molecule has 0 spiro atoms. The molecule has 476 valence electrons. The molecule has 0 aliphatic carbocycles. The van der Waals surface area contributed by atoms with Gasteiger partial charge in [-0.2, -0.15) is 0 Å². The number of allylic oxidation sites excluding steroid dienone is 12. The molecule has 82 heavy (non-hydrogen) atoms. The largest absolute Gasteiger partial charge is 0.462 e. The van der Waals surface area contributed by atoms with Crippen molar-refractivity contribution in [3.05, 3.63) is 72.9 Å². The molecule has 0 amide bonds. The minimum Gasteiger partial charge on any atom is -0.462 e. The standard InChI is InChI=1S/C76H136O6/c1-4-7-10-13-16-19-22-25-27-29-31-33-34-35-36-37-38-39-40-41-42-43-45-46-48-51-54-57-60-63-66-69-75(78)81-72-73(71-80-74(77)68-65-62-59-56-53-50-24-21-18-15-12-9-6-3)82-76(79)70-67-64-61-58-55-52-49-47-44-32-30-28-26-23-20-17-14-11-8-5-2/h9,12,18,21-22,25,29,31,50,53,59,62,73H,4-8,10-11,13-17,19-20,23-24,26-28,30,32-49,51-52,54-58,60-61,63-72H2,1-3H3/b12-9-,21-18-,25-22-,31-29-,53-50-,62-59-. The Labute approximate surface area is 510 Å². The van der Waals surface area contributed by atoms with Gasteiger partial charge in [-0.3, -0.25) is 14.4 Å². The van der Waals surface area contributed by atoms with Gasteiger partial charge in [0.05, 0.1) is 0 Å². The van der Waals surface area contributed by atoms with Crippen molar-refractivity contribution in [1.29, 1.82) is 0 Å². The Morgan fingerprint density at radius 2 is 0.500 bits per heavy atom. The van der Waals surface area contributed by atoms with E-state index < -0.39 is 6.10 Å². The molecule has 0 saturated carbocycles. The van der Waals surface area contributed by atoms with Crippen LogP contribution in [0.25, 0.3) is 0 Å². The van der Waals surface area contributed by atoms with Gasteiger partial charge in [-0.25, -0.2) is 0 Å². The molecule has 0 rings (SSSR count). The van der Waals surface area contributed by atoms with Gasteiger partial charge < -0.3 is 14.2 Å². The molecule has 0 aromatic rings. The quantitative estimate of drug-likeness (QED) is 0.0261. The Bertz CT molecular complexity index is 1500. The third-order valence-corrected chi connectivity index (χ3v) is 16.0. The van der Waals surface area contributed by atoms with Crippen LogP contribution in [0.5, 0.6) is 0 Å². The Balaban J connectivity index is 4.20. The fourth-order valence-corrected chi connectivity index (χ4v) is 10.6. The molecular weight excluding hydrogens is 1010 g/mol. The summed E-state index contributed by atoms with van der Waals surface area (Å²) in [6, 6.07) is 0. The number of esters is 3. The molecule has 0 bridgehead atoms. The molecule has 0 aliphatic heterocycles. The number of hydrogen-bond acceptors (Lipinski definition) is 6. The van der Waals surface area contributed by atoms with Crippen molar-refractivity contribution >= 4 is 17.9 Å². The minimum atomic E-state index is -0.802. The van der Waals surface area contributed by atoms with Crippen LogP contribution >= 0.6 is 0 Å². The van der Waals surface area contributed by atoms with Crippen molar-refractivity contribution in [2.45, 2.75) is 380 Å². The van der Waals surface area contributed by atoms with Crippen LogP contribution in [0, 0.1) is 0 Å². The van der Waals surface area contributed by atoms with Crippen LogP contribution in [0.3, 0.4) is 0 Å². The van der Waals surface area contributed by atoms with E-state index in [1.165, 1.54) is 257 Å². The molecule has 0 aromatic heterocycles. The number of unbranched alkanes of at least 4 members (excludes halogenated alkanes) is 43. The zero-order valence-corrected chi connectivity index (χ0v) is 54.8. The number of carbonyl (C=O) groups is 3. The summed E-state index contributed by atoms with van der Waals surface area (Å²) in [6.07, 6.45) is 92.5. The van der Waals surface area contributed by atoms with Crippen molar-refractivity contribution in [2.75, 3.05) is 13.2 Å². The SMILES string of the molecule is CC/C=C\C/C=C\C/C=C\C/C=C\CCC(=O)OCC(COC(=O)CCCCCCCCCCCCCCCCCCCCC/C=C\C/C=C\CCCCCCC)OC(=O)CCCCCCCCCCCCCCCCCCCCCC. The van der Waals surface area contributed by atoms with Crippen LogP contribution < -0.4 is 0 Å². The minimum absolute atomic E-state index is 0.0925. The van der Waals surface area contributed by atoms with Crippen LogP contribution in [0.1, 0.15) is 374 Å². The highest BCUT2D eigenvalue weighted by molar-refractivity contribution is 5.71. The van der Waals surface area contributed by atoms with Crippen LogP contribution in [-0.4, -0.2) is 37.2 Å². The monoisotopic (exact) mass is 1150 g/mol. The molecule has 0 aliphatic rings. The van der Waals surface area contributed by atoms with Crippen LogP contribution in [0.15, 0.2) is 72.9 Å². The molecule has 6 nitrogen and oxygen atoms in total. The molecule has 0 fully saturated rings. The van der Waals surface area contributed by atoms with Gasteiger partial charge in [0.25, 0.3) is 0 Å². The van der Waals surface area contributed by atoms with Crippen molar-refractivity contribution in [3.8, 4) is 0 Å². The van der Waals surface area contributed by atoms with Crippen molar-refractivity contribution < 1.29 is 28.6 Å². The van der Waals surface area contributed by atoms with E-state index in [4.69, 9.17) is 14.2 Å². The van der Waals surface area contributed by atoms with Gasteiger partial charge in [-0.15, -0.1) is 0 Å². The fraction of sp³-hybridized carbons (Fsp3) is 0.803. The maximum atomic E-state index is 12.9. The first kappa shape index (κ1) is 78.8. The molecule has 0 N–H and O–H groups in total. The zero-order valence-electron chi connectivity index (χ0n) is 54.8. The second-order valence-electron chi connectivity index (χ2n) is 24.1. The topological polar surface area (TPSA) is 78.9 Å². The second-order valence-corrected chi connectivity index (χ2v) is 24.1. The van der Waals surface area contributed by atoms with E-state index in [1.807, 2.05) is 6.08 Å². The van der Waals surface area contributed by atoms with E-state index in [-0.39, 0.29) is 37.5 Å². The number of hydrogen-bond donors (Lipinski definition) is 0. The predicted molar refractivity (Wildman–Crippen MR) is 358 cm³/mol. The third-order valence-electron chi connectivity index (χ3n) is 16.0. The van der Waals surface area contributed by atoms with Gasteiger partial charge in [0.15, 0.2) is 6.10 Å². The van der Waals surface area contributed by atoms with Gasteiger partial charge >= 0.3 is 17.9 Å². The van der Waals surface area contributed by atoms with Gasteiger partial charge in [-0.1, -0.05) is 351 Å². The van der Waals surface area contributed by atoms with Crippen molar-refractivity contribution in [3.63, 3.8) is 0 Å². The fourth-order valence-electron chi connectivity index (χ4n) is 10.6. The summed E-state index contributed by atoms with van der Waals surface area (Å²) in [4.78, 5) is 38.4. The average molecular weight is 1150 g/mol. The van der Waals surface area contributed by atoms with E-state index in [0.717, 1.165) is 70.6 Å².